The van der Waals surface area contributed by atoms with Crippen LogP contribution in [0.4, 0.5) is 0 Å². The summed E-state index contributed by atoms with van der Waals surface area (Å²) in [5.74, 6) is 2.13. The van der Waals surface area contributed by atoms with Gasteiger partial charge < -0.3 is 9.30 Å². The highest BCUT2D eigenvalue weighted by atomic mass is 16.5. The van der Waals surface area contributed by atoms with E-state index in [1.54, 1.807) is 22.4 Å². The first-order chi connectivity index (χ1) is 13.0. The Hall–Kier alpha value is -3.22. The van der Waals surface area contributed by atoms with Gasteiger partial charge in [0.1, 0.15) is 11.6 Å². The highest BCUT2D eigenvalue weighted by Gasteiger charge is 2.18. The van der Waals surface area contributed by atoms with Crippen molar-refractivity contribution in [2.75, 3.05) is 7.11 Å². The summed E-state index contributed by atoms with van der Waals surface area (Å²) in [5, 5.41) is 5.01. The lowest BCUT2D eigenvalue weighted by Crippen LogP contribution is -2.23. The predicted molar refractivity (Wildman–Crippen MR) is 104 cm³/mol. The Labute approximate surface area is 156 Å². The van der Waals surface area contributed by atoms with Crippen LogP contribution in [0.3, 0.4) is 0 Å². The van der Waals surface area contributed by atoms with Crippen molar-refractivity contribution < 1.29 is 4.74 Å². The molecule has 0 bridgehead atoms. The summed E-state index contributed by atoms with van der Waals surface area (Å²) >= 11 is 0. The summed E-state index contributed by atoms with van der Waals surface area (Å²) in [5.41, 5.74) is 2.04. The lowest BCUT2D eigenvalue weighted by atomic mass is 10.1. The minimum Gasteiger partial charge on any atom is -0.497 e. The fraction of sp³-hybridized carbons (Fsp3) is 0.300. The Morgan fingerprint density at radius 1 is 1.19 bits per heavy atom. The van der Waals surface area contributed by atoms with E-state index in [4.69, 9.17) is 4.74 Å². The number of ether oxygens (including phenoxy) is 1. The molecule has 0 saturated carbocycles. The van der Waals surface area contributed by atoms with Gasteiger partial charge >= 0.3 is 0 Å². The molecule has 0 radical (unpaired) electrons. The molecule has 0 N–H and O–H groups in total. The second-order valence-electron chi connectivity index (χ2n) is 6.99. The zero-order valence-electron chi connectivity index (χ0n) is 15.8. The number of hydrogen-bond donors (Lipinski definition) is 0. The van der Waals surface area contributed by atoms with Crippen LogP contribution in [-0.4, -0.2) is 31.3 Å². The first-order valence-electron chi connectivity index (χ1n) is 8.89. The second-order valence-corrected chi connectivity index (χ2v) is 6.99. The zero-order chi connectivity index (χ0) is 19.1. The first kappa shape index (κ1) is 17.2. The van der Waals surface area contributed by atoms with E-state index in [9.17, 15) is 4.79 Å². The third kappa shape index (κ3) is 2.95. The van der Waals surface area contributed by atoms with Gasteiger partial charge in [-0.2, -0.15) is 9.50 Å². The Balaban J connectivity index is 2.14. The molecule has 0 amide bonds. The summed E-state index contributed by atoms with van der Waals surface area (Å²) in [6.07, 6.45) is 1.80. The molecule has 0 aliphatic heterocycles. The number of methoxy groups -OCH3 is 1. The van der Waals surface area contributed by atoms with Gasteiger partial charge in [0.05, 0.1) is 23.7 Å². The van der Waals surface area contributed by atoms with Crippen LogP contribution in [0, 0.1) is 12.8 Å². The molecule has 3 aromatic heterocycles. The topological polar surface area (TPSA) is 74.3 Å². The number of aryl methyl sites for hydroxylation is 1. The highest BCUT2D eigenvalue weighted by molar-refractivity contribution is 5.93. The Bertz CT molecular complexity index is 1210. The molecular formula is C20H21N5O2. The molecule has 0 fully saturated rings. The molecular weight excluding hydrogens is 342 g/mol. The Morgan fingerprint density at radius 2 is 2.00 bits per heavy atom. The maximum Gasteiger partial charge on any atom is 0.262 e. The molecule has 0 spiro atoms. The fourth-order valence-electron chi connectivity index (χ4n) is 3.29. The lowest BCUT2D eigenvalue weighted by molar-refractivity contribution is 0.415. The van der Waals surface area contributed by atoms with Crippen molar-refractivity contribution in [1.82, 2.24) is 24.1 Å². The summed E-state index contributed by atoms with van der Waals surface area (Å²) in [6.45, 7) is 6.62. The van der Waals surface area contributed by atoms with Crippen LogP contribution < -0.4 is 10.3 Å². The van der Waals surface area contributed by atoms with E-state index in [0.29, 0.717) is 46.4 Å². The lowest BCUT2D eigenvalue weighted by Gasteiger charge is -2.13. The van der Waals surface area contributed by atoms with Gasteiger partial charge in [-0.15, -0.1) is 5.10 Å². The van der Waals surface area contributed by atoms with Gasteiger partial charge in [-0.05, 0) is 31.0 Å². The molecule has 0 saturated heterocycles. The van der Waals surface area contributed by atoms with Crippen molar-refractivity contribution in [3.63, 3.8) is 0 Å². The first-order valence-corrected chi connectivity index (χ1v) is 8.89. The molecule has 7 nitrogen and oxygen atoms in total. The standard InChI is InChI=1S/C20H21N5O2/c1-12(2)11-24-9-8-16-17(19(24)26)18(14-6-5-7-15(10-14)27-4)25-20(22-16)21-13(3)23-25/h5-10,12H,11H2,1-4H3. The molecule has 0 aliphatic carbocycles. The van der Waals surface area contributed by atoms with Crippen LogP contribution in [0.25, 0.3) is 27.9 Å². The van der Waals surface area contributed by atoms with E-state index < -0.39 is 0 Å². The molecule has 138 valence electrons. The minimum absolute atomic E-state index is 0.0819. The largest absolute Gasteiger partial charge is 0.497 e. The Kier molecular flexibility index (Phi) is 4.14. The van der Waals surface area contributed by atoms with E-state index >= 15 is 0 Å². The van der Waals surface area contributed by atoms with Crippen LogP contribution in [-0.2, 0) is 6.54 Å². The molecule has 0 aliphatic rings. The van der Waals surface area contributed by atoms with Gasteiger partial charge in [0.25, 0.3) is 11.3 Å². The molecule has 4 aromatic rings. The molecule has 27 heavy (non-hydrogen) atoms. The molecule has 3 heterocycles. The maximum atomic E-state index is 13.3. The summed E-state index contributed by atoms with van der Waals surface area (Å²) in [6, 6.07) is 9.46. The number of rotatable bonds is 4. The van der Waals surface area contributed by atoms with Gasteiger partial charge in [-0.1, -0.05) is 26.0 Å². The van der Waals surface area contributed by atoms with Crippen LogP contribution in [0.5, 0.6) is 5.75 Å². The average molecular weight is 363 g/mol. The third-order valence-electron chi connectivity index (χ3n) is 4.41. The summed E-state index contributed by atoms with van der Waals surface area (Å²) in [4.78, 5) is 22.2. The predicted octanol–water partition coefficient (Wildman–Crippen LogP) is 3.08. The minimum atomic E-state index is -0.0819. The van der Waals surface area contributed by atoms with Crippen molar-refractivity contribution in [3.8, 4) is 17.0 Å². The van der Waals surface area contributed by atoms with Crippen molar-refractivity contribution in [1.29, 1.82) is 0 Å². The molecule has 0 atom stereocenters. The quantitative estimate of drug-likeness (QED) is 0.557. The smallest absolute Gasteiger partial charge is 0.262 e. The van der Waals surface area contributed by atoms with Gasteiger partial charge in [0, 0.05) is 18.3 Å². The van der Waals surface area contributed by atoms with Crippen molar-refractivity contribution >= 4 is 16.7 Å². The number of fused-ring (bicyclic) bond motifs is 2. The van der Waals surface area contributed by atoms with Crippen molar-refractivity contribution in [2.24, 2.45) is 5.92 Å². The van der Waals surface area contributed by atoms with E-state index in [-0.39, 0.29) is 5.56 Å². The number of pyridine rings is 1. The normalized spacial score (nSPS) is 11.6. The van der Waals surface area contributed by atoms with E-state index in [1.165, 1.54) is 0 Å². The monoisotopic (exact) mass is 363 g/mol. The van der Waals surface area contributed by atoms with Gasteiger partial charge in [0.15, 0.2) is 0 Å². The third-order valence-corrected chi connectivity index (χ3v) is 4.41. The number of benzene rings is 1. The van der Waals surface area contributed by atoms with Crippen LogP contribution in [0.1, 0.15) is 19.7 Å². The fourth-order valence-corrected chi connectivity index (χ4v) is 3.29. The molecule has 0 unspecified atom stereocenters. The summed E-state index contributed by atoms with van der Waals surface area (Å²) < 4.78 is 8.74. The zero-order valence-corrected chi connectivity index (χ0v) is 15.8. The van der Waals surface area contributed by atoms with Crippen LogP contribution >= 0.6 is 0 Å². The molecule has 7 heteroatoms. The highest BCUT2D eigenvalue weighted by Crippen LogP contribution is 2.28. The SMILES string of the molecule is COc1cccc(-c2c3c(=O)n(CC(C)C)ccc3nc3nc(C)nn23)c1. The van der Waals surface area contributed by atoms with E-state index in [0.717, 1.165) is 5.56 Å². The Morgan fingerprint density at radius 3 is 2.74 bits per heavy atom. The van der Waals surface area contributed by atoms with Crippen molar-refractivity contribution in [2.45, 2.75) is 27.3 Å². The van der Waals surface area contributed by atoms with Crippen LogP contribution in [0.2, 0.25) is 0 Å². The van der Waals surface area contributed by atoms with Crippen molar-refractivity contribution in [3.05, 3.63) is 52.7 Å². The second kappa shape index (κ2) is 6.50. The van der Waals surface area contributed by atoms with Crippen LogP contribution in [0.15, 0.2) is 41.3 Å². The summed E-state index contributed by atoms with van der Waals surface area (Å²) in [7, 11) is 1.62. The van der Waals surface area contributed by atoms with Gasteiger partial charge in [-0.25, -0.2) is 4.98 Å². The number of nitrogens with zero attached hydrogens (tertiary/aromatic N) is 5. The van der Waals surface area contributed by atoms with Gasteiger partial charge in [0.2, 0.25) is 0 Å². The maximum absolute atomic E-state index is 13.3. The molecule has 4 rings (SSSR count). The molecule has 1 aromatic carbocycles. The average Bonchev–Trinajstić information content (AvgIpc) is 3.01. The number of aromatic nitrogens is 5. The number of hydrogen-bond acceptors (Lipinski definition) is 5. The van der Waals surface area contributed by atoms with E-state index in [2.05, 4.69) is 28.9 Å². The van der Waals surface area contributed by atoms with E-state index in [1.807, 2.05) is 37.3 Å². The van der Waals surface area contributed by atoms with Gasteiger partial charge in [-0.3, -0.25) is 4.79 Å².